The minimum absolute atomic E-state index is 0.143. The first kappa shape index (κ1) is 11.0. The van der Waals surface area contributed by atoms with Crippen LogP contribution in [0.3, 0.4) is 0 Å². The van der Waals surface area contributed by atoms with Gasteiger partial charge in [0.05, 0.1) is 5.56 Å². The Morgan fingerprint density at radius 1 is 1.67 bits per heavy atom. The summed E-state index contributed by atoms with van der Waals surface area (Å²) in [5.74, 6) is -0.695. The number of nitrogens with zero attached hydrogens (tertiary/aromatic N) is 3. The number of pyridine rings is 1. The molecule has 0 saturated heterocycles. The predicted molar refractivity (Wildman–Crippen MR) is 45.3 cm³/mol. The standard InChI is InChI=1S/C8H5F2N3O2/c1-4-6(7(9)10)2-5(3-11)8(12-4)13(14)15/h2,7H,1H3. The molecule has 0 bridgehead atoms. The number of hydrogen-bond acceptors (Lipinski definition) is 4. The summed E-state index contributed by atoms with van der Waals surface area (Å²) in [4.78, 5) is 12.9. The van der Waals surface area contributed by atoms with Gasteiger partial charge in [0.1, 0.15) is 6.07 Å². The van der Waals surface area contributed by atoms with Crippen molar-refractivity contribution in [2.45, 2.75) is 13.3 Å². The first-order chi connectivity index (χ1) is 6.97. The van der Waals surface area contributed by atoms with E-state index < -0.39 is 28.3 Å². The average molecular weight is 213 g/mol. The summed E-state index contributed by atoms with van der Waals surface area (Å²) < 4.78 is 24.7. The molecule has 1 aromatic rings. The van der Waals surface area contributed by atoms with Crippen molar-refractivity contribution in [1.82, 2.24) is 4.98 Å². The van der Waals surface area contributed by atoms with E-state index in [9.17, 15) is 18.9 Å². The molecule has 0 spiro atoms. The molecule has 0 fully saturated rings. The lowest BCUT2D eigenvalue weighted by Gasteiger charge is -2.01. The van der Waals surface area contributed by atoms with Crippen LogP contribution in [0.4, 0.5) is 14.6 Å². The van der Waals surface area contributed by atoms with Crippen LogP contribution < -0.4 is 0 Å². The maximum absolute atomic E-state index is 12.4. The van der Waals surface area contributed by atoms with E-state index in [1.807, 2.05) is 0 Å². The van der Waals surface area contributed by atoms with Gasteiger partial charge in [-0.2, -0.15) is 5.26 Å². The highest BCUT2D eigenvalue weighted by molar-refractivity contribution is 5.46. The molecule has 0 aliphatic rings. The van der Waals surface area contributed by atoms with Crippen LogP contribution in [0.1, 0.15) is 23.2 Å². The molecule has 1 heterocycles. The summed E-state index contributed by atoms with van der Waals surface area (Å²) in [7, 11) is 0. The highest BCUT2D eigenvalue weighted by Gasteiger charge is 2.23. The molecule has 0 unspecified atom stereocenters. The highest BCUT2D eigenvalue weighted by Crippen LogP contribution is 2.26. The summed E-state index contributed by atoms with van der Waals surface area (Å²) in [6.45, 7) is 1.23. The van der Waals surface area contributed by atoms with E-state index in [-0.39, 0.29) is 5.69 Å². The van der Waals surface area contributed by atoms with Gasteiger partial charge in [0, 0.05) is 6.92 Å². The van der Waals surface area contributed by atoms with Crippen LogP contribution in [0.5, 0.6) is 0 Å². The topological polar surface area (TPSA) is 79.8 Å². The van der Waals surface area contributed by atoms with Crippen LogP contribution in [0, 0.1) is 28.4 Å². The zero-order valence-corrected chi connectivity index (χ0v) is 7.57. The maximum atomic E-state index is 12.4. The minimum Gasteiger partial charge on any atom is -0.358 e. The SMILES string of the molecule is Cc1nc([N+](=O)[O-])c(C#N)cc1C(F)F. The molecule has 0 aliphatic carbocycles. The lowest BCUT2D eigenvalue weighted by atomic mass is 10.1. The number of aromatic nitrogens is 1. The number of rotatable bonds is 2. The van der Waals surface area contributed by atoms with Crippen molar-refractivity contribution < 1.29 is 13.7 Å². The summed E-state index contributed by atoms with van der Waals surface area (Å²) in [6, 6.07) is 2.26. The third kappa shape index (κ3) is 2.04. The first-order valence-electron chi connectivity index (χ1n) is 3.81. The molecule has 0 aromatic carbocycles. The molecule has 1 rings (SSSR count). The molecule has 0 saturated carbocycles. The fraction of sp³-hybridized carbons (Fsp3) is 0.250. The van der Waals surface area contributed by atoms with E-state index in [2.05, 4.69) is 4.98 Å². The molecule has 0 atom stereocenters. The van der Waals surface area contributed by atoms with Crippen LogP contribution in [0.25, 0.3) is 0 Å². The van der Waals surface area contributed by atoms with Crippen molar-refractivity contribution in [3.63, 3.8) is 0 Å². The number of alkyl halides is 2. The molecule has 0 N–H and O–H groups in total. The lowest BCUT2D eigenvalue weighted by Crippen LogP contribution is -2.02. The van der Waals surface area contributed by atoms with Gasteiger partial charge in [0.15, 0.2) is 11.3 Å². The van der Waals surface area contributed by atoms with Gasteiger partial charge in [0.2, 0.25) is 0 Å². The maximum Gasteiger partial charge on any atom is 0.381 e. The smallest absolute Gasteiger partial charge is 0.358 e. The average Bonchev–Trinajstić information content (AvgIpc) is 2.16. The van der Waals surface area contributed by atoms with Gasteiger partial charge in [-0.1, -0.05) is 0 Å². The quantitative estimate of drug-likeness (QED) is 0.556. The van der Waals surface area contributed by atoms with Gasteiger partial charge in [-0.3, -0.25) is 0 Å². The Balaban J connectivity index is 3.44. The fourth-order valence-corrected chi connectivity index (χ4v) is 1.05. The second-order valence-corrected chi connectivity index (χ2v) is 2.70. The largest absolute Gasteiger partial charge is 0.381 e. The van der Waals surface area contributed by atoms with Gasteiger partial charge < -0.3 is 10.1 Å². The third-order valence-electron chi connectivity index (χ3n) is 1.76. The summed E-state index contributed by atoms with van der Waals surface area (Å²) in [5, 5.41) is 18.9. The first-order valence-corrected chi connectivity index (χ1v) is 3.81. The van der Waals surface area contributed by atoms with Crippen LogP contribution in [0.2, 0.25) is 0 Å². The fourth-order valence-electron chi connectivity index (χ4n) is 1.05. The molecule has 78 valence electrons. The zero-order valence-electron chi connectivity index (χ0n) is 7.57. The van der Waals surface area contributed by atoms with Crippen LogP contribution in [0.15, 0.2) is 6.07 Å². The Hall–Kier alpha value is -2.10. The monoisotopic (exact) mass is 213 g/mol. The normalized spacial score (nSPS) is 10.1. The number of nitriles is 1. The number of halogens is 2. The minimum atomic E-state index is -2.80. The van der Waals surface area contributed by atoms with E-state index in [1.54, 1.807) is 0 Å². The van der Waals surface area contributed by atoms with Gasteiger partial charge in [-0.05, 0) is 16.0 Å². The Morgan fingerprint density at radius 2 is 2.27 bits per heavy atom. The van der Waals surface area contributed by atoms with Crippen LogP contribution >= 0.6 is 0 Å². The van der Waals surface area contributed by atoms with E-state index in [1.165, 1.54) is 13.0 Å². The Kier molecular flexibility index (Phi) is 2.90. The van der Waals surface area contributed by atoms with E-state index >= 15 is 0 Å². The van der Waals surface area contributed by atoms with Crippen molar-refractivity contribution in [2.75, 3.05) is 0 Å². The molecule has 5 nitrogen and oxygen atoms in total. The third-order valence-corrected chi connectivity index (χ3v) is 1.76. The second kappa shape index (κ2) is 3.96. The summed E-state index contributed by atoms with van der Waals surface area (Å²) in [6.07, 6.45) is -2.80. The summed E-state index contributed by atoms with van der Waals surface area (Å²) in [5.41, 5.74) is -1.06. The van der Waals surface area contributed by atoms with Crippen molar-refractivity contribution in [3.05, 3.63) is 33.0 Å². The zero-order chi connectivity index (χ0) is 11.6. The molecule has 0 radical (unpaired) electrons. The van der Waals surface area contributed by atoms with Gasteiger partial charge >= 0.3 is 5.82 Å². The Labute approximate surface area is 83.1 Å². The van der Waals surface area contributed by atoms with Gasteiger partial charge in [0.25, 0.3) is 6.43 Å². The lowest BCUT2D eigenvalue weighted by molar-refractivity contribution is -0.389. The molecule has 1 aromatic heterocycles. The van der Waals surface area contributed by atoms with Crippen molar-refractivity contribution in [2.24, 2.45) is 0 Å². The Bertz CT molecular complexity index is 454. The van der Waals surface area contributed by atoms with E-state index in [0.717, 1.165) is 6.07 Å². The van der Waals surface area contributed by atoms with E-state index in [4.69, 9.17) is 5.26 Å². The number of hydrogen-bond donors (Lipinski definition) is 0. The van der Waals surface area contributed by atoms with Crippen molar-refractivity contribution >= 4 is 5.82 Å². The molecular weight excluding hydrogens is 208 g/mol. The molecule has 0 amide bonds. The van der Waals surface area contributed by atoms with Crippen LogP contribution in [-0.2, 0) is 0 Å². The highest BCUT2D eigenvalue weighted by atomic mass is 19.3. The van der Waals surface area contributed by atoms with E-state index in [0.29, 0.717) is 0 Å². The van der Waals surface area contributed by atoms with Gasteiger partial charge in [-0.15, -0.1) is 0 Å². The summed E-state index contributed by atoms with van der Waals surface area (Å²) >= 11 is 0. The molecule has 15 heavy (non-hydrogen) atoms. The number of aryl methyl sites for hydroxylation is 1. The molecule has 0 aliphatic heterocycles. The van der Waals surface area contributed by atoms with Crippen LogP contribution in [-0.4, -0.2) is 9.91 Å². The van der Waals surface area contributed by atoms with Gasteiger partial charge in [-0.25, -0.2) is 8.78 Å². The van der Waals surface area contributed by atoms with Crippen molar-refractivity contribution in [1.29, 1.82) is 5.26 Å². The predicted octanol–water partition coefficient (Wildman–Crippen LogP) is 2.11. The second-order valence-electron chi connectivity index (χ2n) is 2.70. The molecule has 7 heteroatoms. The number of nitro groups is 1. The van der Waals surface area contributed by atoms with Crippen molar-refractivity contribution in [3.8, 4) is 6.07 Å². The Morgan fingerprint density at radius 3 is 2.67 bits per heavy atom. The molecular formula is C8H5F2N3O2.